The van der Waals surface area contributed by atoms with Crippen LogP contribution in [0.25, 0.3) is 0 Å². The number of nitrogens with one attached hydrogen (secondary N) is 1. The molecule has 1 unspecified atom stereocenters. The monoisotopic (exact) mass is 225 g/mol. The maximum atomic E-state index is 10.8. The lowest BCUT2D eigenvalue weighted by molar-refractivity contribution is -0.383. The van der Waals surface area contributed by atoms with Crippen LogP contribution in [0.3, 0.4) is 0 Å². The molecule has 0 saturated carbocycles. The van der Waals surface area contributed by atoms with Gasteiger partial charge in [-0.1, -0.05) is 0 Å². The first-order valence-electron chi connectivity index (χ1n) is 4.77. The van der Waals surface area contributed by atoms with Gasteiger partial charge in [-0.2, -0.15) is 0 Å². The number of nitrogens with two attached hydrogens (primary N) is 1. The molecule has 0 bridgehead atoms. The fourth-order valence-electron chi connectivity index (χ4n) is 1.52. The Hall–Kier alpha value is -1.96. The van der Waals surface area contributed by atoms with Crippen molar-refractivity contribution in [2.24, 2.45) is 0 Å². The third kappa shape index (κ3) is 2.01. The summed E-state index contributed by atoms with van der Waals surface area (Å²) >= 11 is 0. The molecular formula is C8H11N5O3. The fraction of sp³-hybridized carbons (Fsp3) is 0.500. The molecule has 86 valence electrons. The van der Waals surface area contributed by atoms with E-state index in [9.17, 15) is 10.1 Å². The molecule has 2 rings (SSSR count). The van der Waals surface area contributed by atoms with Crippen molar-refractivity contribution in [2.75, 3.05) is 24.3 Å². The van der Waals surface area contributed by atoms with Crippen molar-refractivity contribution in [3.63, 3.8) is 0 Å². The molecule has 1 aromatic heterocycles. The normalized spacial score (nSPS) is 19.6. The van der Waals surface area contributed by atoms with Crippen molar-refractivity contribution in [1.82, 2.24) is 9.97 Å². The molecule has 8 nitrogen and oxygen atoms in total. The zero-order valence-corrected chi connectivity index (χ0v) is 8.42. The van der Waals surface area contributed by atoms with E-state index in [4.69, 9.17) is 10.5 Å². The van der Waals surface area contributed by atoms with E-state index in [0.717, 1.165) is 6.42 Å². The summed E-state index contributed by atoms with van der Waals surface area (Å²) in [6, 6.07) is 0.0352. The van der Waals surface area contributed by atoms with Gasteiger partial charge in [0.1, 0.15) is 6.33 Å². The zero-order chi connectivity index (χ0) is 11.5. The Labute approximate surface area is 91.0 Å². The highest BCUT2D eigenvalue weighted by atomic mass is 16.6. The number of rotatable bonds is 3. The summed E-state index contributed by atoms with van der Waals surface area (Å²) in [5.74, 6) is 0.00872. The van der Waals surface area contributed by atoms with E-state index in [-0.39, 0.29) is 23.4 Å². The van der Waals surface area contributed by atoms with Crippen LogP contribution in [0.5, 0.6) is 0 Å². The molecule has 0 radical (unpaired) electrons. The van der Waals surface area contributed by atoms with Gasteiger partial charge in [0.2, 0.25) is 11.6 Å². The lowest BCUT2D eigenvalue weighted by Gasteiger charge is -2.11. The Kier molecular flexibility index (Phi) is 2.82. The summed E-state index contributed by atoms with van der Waals surface area (Å²) in [7, 11) is 0. The van der Waals surface area contributed by atoms with Crippen LogP contribution < -0.4 is 11.1 Å². The first-order chi connectivity index (χ1) is 7.68. The van der Waals surface area contributed by atoms with Gasteiger partial charge in [-0.3, -0.25) is 10.1 Å². The molecule has 2 heterocycles. The second-order valence-corrected chi connectivity index (χ2v) is 3.42. The Morgan fingerprint density at radius 2 is 2.44 bits per heavy atom. The topological polar surface area (TPSA) is 116 Å². The average molecular weight is 225 g/mol. The van der Waals surface area contributed by atoms with Crippen LogP contribution in [0.1, 0.15) is 6.42 Å². The van der Waals surface area contributed by atoms with Crippen LogP contribution in [0.15, 0.2) is 6.33 Å². The number of anilines is 2. The van der Waals surface area contributed by atoms with Crippen LogP contribution >= 0.6 is 0 Å². The molecule has 3 N–H and O–H groups in total. The van der Waals surface area contributed by atoms with Gasteiger partial charge in [0, 0.05) is 6.61 Å². The lowest BCUT2D eigenvalue weighted by atomic mass is 10.2. The Morgan fingerprint density at radius 1 is 1.62 bits per heavy atom. The molecule has 0 aliphatic carbocycles. The quantitative estimate of drug-likeness (QED) is 0.556. The molecule has 16 heavy (non-hydrogen) atoms. The third-order valence-corrected chi connectivity index (χ3v) is 2.30. The van der Waals surface area contributed by atoms with E-state index in [0.29, 0.717) is 13.2 Å². The van der Waals surface area contributed by atoms with Gasteiger partial charge in [-0.15, -0.1) is 0 Å². The number of aromatic nitrogens is 2. The van der Waals surface area contributed by atoms with Crippen molar-refractivity contribution in [3.05, 3.63) is 16.4 Å². The minimum absolute atomic E-state index is 0.0352. The van der Waals surface area contributed by atoms with Crippen LogP contribution in [0.4, 0.5) is 17.3 Å². The van der Waals surface area contributed by atoms with Crippen molar-refractivity contribution in [1.29, 1.82) is 0 Å². The van der Waals surface area contributed by atoms with E-state index in [2.05, 4.69) is 15.3 Å². The molecule has 8 heteroatoms. The summed E-state index contributed by atoms with van der Waals surface area (Å²) in [6.45, 7) is 1.16. The fourth-order valence-corrected chi connectivity index (χ4v) is 1.52. The van der Waals surface area contributed by atoms with Crippen LogP contribution in [0.2, 0.25) is 0 Å². The number of ether oxygens (including phenoxy) is 1. The first kappa shape index (κ1) is 10.6. The maximum absolute atomic E-state index is 10.8. The van der Waals surface area contributed by atoms with Crippen LogP contribution in [-0.4, -0.2) is 34.1 Å². The van der Waals surface area contributed by atoms with E-state index >= 15 is 0 Å². The average Bonchev–Trinajstić information content (AvgIpc) is 2.70. The highest BCUT2D eigenvalue weighted by Gasteiger charge is 2.24. The van der Waals surface area contributed by atoms with Crippen molar-refractivity contribution in [2.45, 2.75) is 12.5 Å². The summed E-state index contributed by atoms with van der Waals surface area (Å²) in [6.07, 6.45) is 1.99. The molecule has 1 aliphatic heterocycles. The summed E-state index contributed by atoms with van der Waals surface area (Å²) in [5.41, 5.74) is 5.15. The molecule has 0 amide bonds. The van der Waals surface area contributed by atoms with Gasteiger partial charge in [0.15, 0.2) is 0 Å². The molecule has 0 spiro atoms. The predicted molar refractivity (Wildman–Crippen MR) is 55.9 cm³/mol. The van der Waals surface area contributed by atoms with E-state index in [1.807, 2.05) is 0 Å². The largest absolute Gasteiger partial charge is 0.379 e. The Balaban J connectivity index is 2.25. The van der Waals surface area contributed by atoms with Gasteiger partial charge in [0.05, 0.1) is 17.6 Å². The minimum atomic E-state index is -0.590. The standard InChI is InChI=1S/C8H11N5O3/c9-7-6(13(14)15)8(11-4-10-7)12-5-1-2-16-3-5/h4-5H,1-3H2,(H3,9,10,11,12). The van der Waals surface area contributed by atoms with Gasteiger partial charge in [-0.05, 0) is 6.42 Å². The summed E-state index contributed by atoms with van der Waals surface area (Å²) in [4.78, 5) is 17.6. The first-order valence-corrected chi connectivity index (χ1v) is 4.77. The molecule has 1 fully saturated rings. The smallest absolute Gasteiger partial charge is 0.352 e. The lowest BCUT2D eigenvalue weighted by Crippen LogP contribution is -2.21. The number of hydrogen-bond donors (Lipinski definition) is 2. The summed E-state index contributed by atoms with van der Waals surface area (Å²) in [5, 5.41) is 13.7. The van der Waals surface area contributed by atoms with Crippen LogP contribution in [0, 0.1) is 10.1 Å². The predicted octanol–water partition coefficient (Wildman–Crippen LogP) is 0.168. The molecule has 1 saturated heterocycles. The second-order valence-electron chi connectivity index (χ2n) is 3.42. The molecular weight excluding hydrogens is 214 g/mol. The van der Waals surface area contributed by atoms with Gasteiger partial charge in [-0.25, -0.2) is 9.97 Å². The van der Waals surface area contributed by atoms with Gasteiger partial charge in [0.25, 0.3) is 0 Å². The van der Waals surface area contributed by atoms with Gasteiger partial charge >= 0.3 is 5.69 Å². The minimum Gasteiger partial charge on any atom is -0.379 e. The number of nitro groups is 1. The van der Waals surface area contributed by atoms with Crippen molar-refractivity contribution >= 4 is 17.3 Å². The highest BCUT2D eigenvalue weighted by Crippen LogP contribution is 2.27. The number of nitrogens with zero attached hydrogens (tertiary/aromatic N) is 3. The summed E-state index contributed by atoms with van der Waals surface area (Å²) < 4.78 is 5.15. The SMILES string of the molecule is Nc1ncnc(NC2CCOC2)c1[N+](=O)[O-]. The third-order valence-electron chi connectivity index (χ3n) is 2.30. The number of hydrogen-bond acceptors (Lipinski definition) is 7. The molecule has 0 aromatic carbocycles. The second kappa shape index (κ2) is 4.27. The molecule has 1 atom stereocenters. The molecule has 1 aromatic rings. The highest BCUT2D eigenvalue weighted by molar-refractivity contribution is 5.67. The van der Waals surface area contributed by atoms with E-state index in [1.165, 1.54) is 6.33 Å². The van der Waals surface area contributed by atoms with E-state index in [1.54, 1.807) is 0 Å². The Morgan fingerprint density at radius 3 is 3.06 bits per heavy atom. The molecule has 1 aliphatic rings. The Bertz CT molecular complexity index is 405. The van der Waals surface area contributed by atoms with Crippen molar-refractivity contribution in [3.8, 4) is 0 Å². The maximum Gasteiger partial charge on any atom is 0.352 e. The van der Waals surface area contributed by atoms with E-state index < -0.39 is 4.92 Å². The van der Waals surface area contributed by atoms with Gasteiger partial charge < -0.3 is 15.8 Å². The number of nitrogen functional groups attached to an aromatic ring is 1. The zero-order valence-electron chi connectivity index (χ0n) is 8.42. The van der Waals surface area contributed by atoms with Crippen molar-refractivity contribution < 1.29 is 9.66 Å². The van der Waals surface area contributed by atoms with Crippen LogP contribution in [-0.2, 0) is 4.74 Å².